The zero-order chi connectivity index (χ0) is 22.4. The van der Waals surface area contributed by atoms with Crippen molar-refractivity contribution in [3.63, 3.8) is 0 Å². The van der Waals surface area contributed by atoms with Crippen LogP contribution in [0.5, 0.6) is 0 Å². The van der Waals surface area contributed by atoms with Gasteiger partial charge in [-0.15, -0.1) is 0 Å². The zero-order valence-electron chi connectivity index (χ0n) is 18.5. The van der Waals surface area contributed by atoms with E-state index < -0.39 is 10.0 Å². The van der Waals surface area contributed by atoms with E-state index >= 15 is 0 Å². The van der Waals surface area contributed by atoms with Gasteiger partial charge in [0, 0.05) is 24.8 Å². The largest absolute Gasteiger partial charge is 0.321 e. The van der Waals surface area contributed by atoms with Gasteiger partial charge in [-0.05, 0) is 69.6 Å². The van der Waals surface area contributed by atoms with Crippen LogP contribution in [0, 0.1) is 0 Å². The number of hydrogen-bond donors (Lipinski definition) is 6. The molecule has 1 fully saturated rings. The average molecular weight is 454 g/mol. The van der Waals surface area contributed by atoms with E-state index in [4.69, 9.17) is 0 Å². The van der Waals surface area contributed by atoms with Gasteiger partial charge in [-0.2, -0.15) is 0 Å². The Balaban J connectivity index is 1.48. The second-order valence-electron chi connectivity index (χ2n) is 8.37. The molecule has 0 spiro atoms. The smallest absolute Gasteiger partial charge is 0.312 e. The van der Waals surface area contributed by atoms with Gasteiger partial charge in [0.1, 0.15) is 6.29 Å². The number of carbonyl (C=O) groups is 1. The number of amides is 2. The molecule has 0 aliphatic carbocycles. The van der Waals surface area contributed by atoms with Crippen molar-refractivity contribution in [2.75, 3.05) is 38.3 Å². The Kier molecular flexibility index (Phi) is 8.25. The molecule has 1 aromatic rings. The number of hydrogen-bond acceptors (Lipinski definition) is 7. The quantitative estimate of drug-likeness (QED) is 0.304. The molecule has 3 atom stereocenters. The van der Waals surface area contributed by atoms with E-state index in [0.29, 0.717) is 19.5 Å². The maximum atomic E-state index is 12.6. The molecule has 0 aromatic heterocycles. The van der Waals surface area contributed by atoms with E-state index in [1.54, 1.807) is 0 Å². The fourth-order valence-electron chi connectivity index (χ4n) is 3.97. The monoisotopic (exact) mass is 453 g/mol. The van der Waals surface area contributed by atoms with E-state index in [1.807, 2.05) is 24.1 Å². The van der Waals surface area contributed by atoms with Gasteiger partial charge >= 0.3 is 6.03 Å². The first-order valence-electron chi connectivity index (χ1n) is 10.8. The first-order chi connectivity index (χ1) is 14.7. The SMILES string of the molecule is CC1CC(NCCCNS(C)(=O)=O)N(C)C(NC(=O)Nc2ccc3c(c2)CCNC3)N1. The average Bonchev–Trinajstić information content (AvgIpc) is 2.70. The molecular weight excluding hydrogens is 418 g/mol. The fraction of sp³-hybridized carbons (Fsp3) is 0.650. The van der Waals surface area contributed by atoms with Crippen molar-refractivity contribution in [3.05, 3.63) is 29.3 Å². The summed E-state index contributed by atoms with van der Waals surface area (Å²) in [5.41, 5.74) is 3.34. The fourth-order valence-corrected chi connectivity index (χ4v) is 4.48. The second kappa shape index (κ2) is 10.7. The highest BCUT2D eigenvalue weighted by molar-refractivity contribution is 7.88. The molecule has 1 aromatic carbocycles. The summed E-state index contributed by atoms with van der Waals surface area (Å²) in [7, 11) is -1.21. The van der Waals surface area contributed by atoms with Crippen LogP contribution in [0.3, 0.4) is 0 Å². The minimum atomic E-state index is -3.16. The number of urea groups is 1. The number of benzene rings is 1. The van der Waals surface area contributed by atoms with Gasteiger partial charge in [0.15, 0.2) is 0 Å². The van der Waals surface area contributed by atoms with E-state index in [2.05, 4.69) is 44.3 Å². The third-order valence-corrected chi connectivity index (χ3v) is 6.36. The Morgan fingerprint density at radius 3 is 2.84 bits per heavy atom. The van der Waals surface area contributed by atoms with Gasteiger partial charge < -0.3 is 21.3 Å². The van der Waals surface area contributed by atoms with Crippen LogP contribution in [0.1, 0.15) is 30.9 Å². The molecule has 11 heteroatoms. The number of sulfonamides is 1. The van der Waals surface area contributed by atoms with Gasteiger partial charge in [0.05, 0.1) is 12.4 Å². The number of fused-ring (bicyclic) bond motifs is 1. The standard InChI is InChI=1S/C20H35N7O3S/c1-14-11-18(22-8-4-9-23-31(3,29)30)27(2)19(24-14)26-20(28)25-17-6-5-16-13-21-10-7-15(16)12-17/h5-6,12,14,18-19,21-24H,4,7-11,13H2,1-3H3,(H2,25,26,28). The van der Waals surface area contributed by atoms with Crippen LogP contribution >= 0.6 is 0 Å². The van der Waals surface area contributed by atoms with Crippen LogP contribution in [-0.4, -0.2) is 70.8 Å². The molecule has 3 unspecified atom stereocenters. The number of nitrogens with one attached hydrogen (secondary N) is 6. The highest BCUT2D eigenvalue weighted by Gasteiger charge is 2.31. The molecule has 1 saturated heterocycles. The van der Waals surface area contributed by atoms with Gasteiger partial charge in [0.25, 0.3) is 0 Å². The maximum Gasteiger partial charge on any atom is 0.321 e. The molecule has 3 rings (SSSR count). The van der Waals surface area contributed by atoms with Crippen molar-refractivity contribution in [1.29, 1.82) is 0 Å². The summed E-state index contributed by atoms with van der Waals surface area (Å²) in [4.78, 5) is 14.7. The van der Waals surface area contributed by atoms with Crippen LogP contribution in [-0.2, 0) is 23.0 Å². The van der Waals surface area contributed by atoms with Crippen molar-refractivity contribution < 1.29 is 13.2 Å². The van der Waals surface area contributed by atoms with Crippen molar-refractivity contribution >= 4 is 21.7 Å². The van der Waals surface area contributed by atoms with Crippen molar-refractivity contribution in [3.8, 4) is 0 Å². The van der Waals surface area contributed by atoms with E-state index in [1.165, 1.54) is 11.1 Å². The highest BCUT2D eigenvalue weighted by Crippen LogP contribution is 2.19. The molecule has 6 N–H and O–H groups in total. The minimum absolute atomic E-state index is 0.0658. The van der Waals surface area contributed by atoms with Gasteiger partial charge in [-0.25, -0.2) is 17.9 Å². The molecule has 31 heavy (non-hydrogen) atoms. The summed E-state index contributed by atoms with van der Waals surface area (Å²) < 4.78 is 24.8. The zero-order valence-corrected chi connectivity index (χ0v) is 19.3. The van der Waals surface area contributed by atoms with Crippen LogP contribution in [0.25, 0.3) is 0 Å². The third kappa shape index (κ3) is 7.41. The molecule has 2 aliphatic rings. The molecule has 2 aliphatic heterocycles. The summed E-state index contributed by atoms with van der Waals surface area (Å²) in [6.45, 7) is 4.98. The maximum absolute atomic E-state index is 12.6. The summed E-state index contributed by atoms with van der Waals surface area (Å²) in [5.74, 6) is 0. The van der Waals surface area contributed by atoms with E-state index in [9.17, 15) is 13.2 Å². The molecule has 2 heterocycles. The highest BCUT2D eigenvalue weighted by atomic mass is 32.2. The summed E-state index contributed by atoms with van der Waals surface area (Å²) >= 11 is 0. The molecule has 2 amide bonds. The van der Waals surface area contributed by atoms with Gasteiger partial charge in [0.2, 0.25) is 10.0 Å². The summed E-state index contributed by atoms with van der Waals surface area (Å²) in [5, 5.41) is 16.1. The normalized spacial score (nSPS) is 24.4. The number of carbonyl (C=O) groups excluding carboxylic acids is 1. The molecule has 0 saturated carbocycles. The van der Waals surface area contributed by atoms with Crippen molar-refractivity contribution in [1.82, 2.24) is 30.9 Å². The lowest BCUT2D eigenvalue weighted by Crippen LogP contribution is -2.68. The molecule has 0 radical (unpaired) electrons. The topological polar surface area (TPSA) is 127 Å². The molecule has 0 bridgehead atoms. The minimum Gasteiger partial charge on any atom is -0.312 e. The Morgan fingerprint density at radius 2 is 2.06 bits per heavy atom. The first-order valence-corrected chi connectivity index (χ1v) is 12.7. The molecular formula is C20H35N7O3S. The molecule has 174 valence electrons. The number of rotatable bonds is 8. The number of anilines is 1. The lowest BCUT2D eigenvalue weighted by atomic mass is 10.0. The van der Waals surface area contributed by atoms with Crippen molar-refractivity contribution in [2.24, 2.45) is 0 Å². The predicted molar refractivity (Wildman–Crippen MR) is 122 cm³/mol. The number of nitrogens with zero attached hydrogens (tertiary/aromatic N) is 1. The Labute approximate surface area is 185 Å². The van der Waals surface area contributed by atoms with Gasteiger partial charge in [-0.1, -0.05) is 6.07 Å². The predicted octanol–water partition coefficient (Wildman–Crippen LogP) is -0.0940. The Bertz CT molecular complexity index is 864. The molecule has 10 nitrogen and oxygen atoms in total. The summed E-state index contributed by atoms with van der Waals surface area (Å²) in [6, 6.07) is 5.99. The third-order valence-electron chi connectivity index (χ3n) is 5.63. The van der Waals surface area contributed by atoms with Crippen LogP contribution in [0.15, 0.2) is 18.2 Å². The summed E-state index contributed by atoms with van der Waals surface area (Å²) in [6.07, 6.45) is 3.42. The second-order valence-corrected chi connectivity index (χ2v) is 10.2. The van der Waals surface area contributed by atoms with Crippen molar-refractivity contribution in [2.45, 2.75) is 51.2 Å². The van der Waals surface area contributed by atoms with Crippen LogP contribution in [0.2, 0.25) is 0 Å². The first kappa shape index (κ1) is 23.9. The van der Waals surface area contributed by atoms with E-state index in [-0.39, 0.29) is 24.5 Å². The Morgan fingerprint density at radius 1 is 1.26 bits per heavy atom. The van der Waals surface area contributed by atoms with Crippen LogP contribution in [0.4, 0.5) is 10.5 Å². The lowest BCUT2D eigenvalue weighted by molar-refractivity contribution is 0.0448. The van der Waals surface area contributed by atoms with Gasteiger partial charge in [-0.3, -0.25) is 10.2 Å². The Hall–Kier alpha value is -1.76. The van der Waals surface area contributed by atoms with E-state index in [0.717, 1.165) is 37.9 Å². The van der Waals surface area contributed by atoms with Crippen LogP contribution < -0.4 is 31.3 Å². The lowest BCUT2D eigenvalue weighted by Gasteiger charge is -2.43.